The fraction of sp³-hybridized carbons (Fsp3) is 0.704. The van der Waals surface area contributed by atoms with Crippen LogP contribution in [0.25, 0.3) is 0 Å². The predicted molar refractivity (Wildman–Crippen MR) is 340 cm³/mol. The summed E-state index contributed by atoms with van der Waals surface area (Å²) in [7, 11) is 0. The largest absolute Gasteiger partial charge is 0.394 e. The second-order valence-electron chi connectivity index (χ2n) is 22.2. The zero-order chi connectivity index (χ0) is 57.9. The zero-order valence-electron chi connectivity index (χ0n) is 51.0. The van der Waals surface area contributed by atoms with Crippen molar-refractivity contribution in [3.8, 4) is 0 Å². The van der Waals surface area contributed by atoms with Gasteiger partial charge in [-0.3, -0.25) is 4.79 Å². The van der Waals surface area contributed by atoms with Crippen LogP contribution < -0.4 is 5.32 Å². The number of ether oxygens (including phenoxy) is 2. The molecule has 9 nitrogen and oxygen atoms in total. The maximum absolute atomic E-state index is 13.1. The van der Waals surface area contributed by atoms with Gasteiger partial charge in [-0.05, 0) is 89.9 Å². The number of rotatable bonds is 55. The second-order valence-corrected chi connectivity index (χ2v) is 22.2. The van der Waals surface area contributed by atoms with Crippen molar-refractivity contribution in [3.05, 3.63) is 122 Å². The Morgan fingerprint density at radius 3 is 1.15 bits per heavy atom. The highest BCUT2D eigenvalue weighted by Crippen LogP contribution is 2.23. The highest BCUT2D eigenvalue weighted by Gasteiger charge is 2.44. The molecular weight excluding hydrogens is 995 g/mol. The average Bonchev–Trinajstić information content (AvgIpc) is 3.46. The standard InChI is InChI=1S/C71H121NO8/c1-3-5-7-9-11-13-15-17-19-21-23-24-25-26-27-28-29-30-31-32-33-34-35-36-37-38-39-40-41-42-43-45-47-49-51-53-55-57-59-61-67(75)72-64(63-79-71-70(78)69(77)68(76)66(62-73)80-71)65(74)60-58-56-54-52-50-48-46-44-22-20-18-16-14-12-10-8-6-4-2/h5,7,11,13,17,19,23-24,26-27,29-30,32-33,35-36,38-39,58,60,64-66,68-71,73-74,76-78H,3-4,6,8-10,12,14-16,18,20-22,25,28,31,34,37,40-57,59,61-63H2,1-2H3,(H,72,75)/b7-5-,13-11-,19-17-,24-23-,27-26-,30-29-,33-32-,36-35-,39-38-,60-58+. The molecule has 80 heavy (non-hydrogen) atoms. The summed E-state index contributed by atoms with van der Waals surface area (Å²) in [4.78, 5) is 13.1. The minimum Gasteiger partial charge on any atom is -0.394 e. The molecule has 1 heterocycles. The summed E-state index contributed by atoms with van der Waals surface area (Å²) in [6.45, 7) is 3.67. The number of aliphatic hydroxyl groups excluding tert-OH is 5. The van der Waals surface area contributed by atoms with Crippen LogP contribution in [0.2, 0.25) is 0 Å². The van der Waals surface area contributed by atoms with E-state index < -0.39 is 49.5 Å². The summed E-state index contributed by atoms with van der Waals surface area (Å²) in [5, 5.41) is 54.6. The van der Waals surface area contributed by atoms with Crippen LogP contribution in [0.15, 0.2) is 122 Å². The summed E-state index contributed by atoms with van der Waals surface area (Å²) >= 11 is 0. The van der Waals surface area contributed by atoms with Gasteiger partial charge in [-0.2, -0.15) is 0 Å². The van der Waals surface area contributed by atoms with Gasteiger partial charge in [0.2, 0.25) is 5.91 Å². The highest BCUT2D eigenvalue weighted by atomic mass is 16.7. The fourth-order valence-corrected chi connectivity index (χ4v) is 9.68. The average molecular weight is 1120 g/mol. The lowest BCUT2D eigenvalue weighted by Crippen LogP contribution is -2.60. The first kappa shape index (κ1) is 74.6. The van der Waals surface area contributed by atoms with Crippen LogP contribution in [0.5, 0.6) is 0 Å². The third kappa shape index (κ3) is 47.1. The summed E-state index contributed by atoms with van der Waals surface area (Å²) in [6, 6.07) is -0.814. The highest BCUT2D eigenvalue weighted by molar-refractivity contribution is 5.76. The van der Waals surface area contributed by atoms with E-state index in [0.717, 1.165) is 103 Å². The van der Waals surface area contributed by atoms with E-state index in [0.29, 0.717) is 6.42 Å². The molecule has 1 aliphatic heterocycles. The molecule has 0 radical (unpaired) electrons. The molecule has 7 atom stereocenters. The molecule has 0 aromatic rings. The van der Waals surface area contributed by atoms with Crippen molar-refractivity contribution in [2.75, 3.05) is 13.2 Å². The number of hydrogen-bond acceptors (Lipinski definition) is 8. The van der Waals surface area contributed by atoms with Gasteiger partial charge in [-0.1, -0.05) is 289 Å². The van der Waals surface area contributed by atoms with Gasteiger partial charge in [-0.25, -0.2) is 0 Å². The molecule has 1 fully saturated rings. The number of amides is 1. The molecule has 0 saturated carbocycles. The smallest absolute Gasteiger partial charge is 0.220 e. The van der Waals surface area contributed by atoms with E-state index in [1.807, 2.05) is 6.08 Å². The molecule has 1 aliphatic rings. The van der Waals surface area contributed by atoms with E-state index in [4.69, 9.17) is 9.47 Å². The van der Waals surface area contributed by atoms with Crippen LogP contribution in [-0.2, 0) is 14.3 Å². The molecule has 0 spiro atoms. The number of carbonyl (C=O) groups is 1. The Morgan fingerprint density at radius 2 is 0.775 bits per heavy atom. The molecule has 1 amide bonds. The lowest BCUT2D eigenvalue weighted by molar-refractivity contribution is -0.302. The summed E-state index contributed by atoms with van der Waals surface area (Å²) < 4.78 is 11.3. The number of carbonyl (C=O) groups excluding carboxylic acids is 1. The summed E-state index contributed by atoms with van der Waals surface area (Å²) in [6.07, 6.45) is 81.3. The van der Waals surface area contributed by atoms with Gasteiger partial charge in [0, 0.05) is 6.42 Å². The minimum atomic E-state index is -1.57. The Bertz CT molecular complexity index is 1670. The Morgan fingerprint density at radius 1 is 0.438 bits per heavy atom. The Kier molecular flexibility index (Phi) is 54.8. The first-order valence-corrected chi connectivity index (χ1v) is 32.8. The Balaban J connectivity index is 2.15. The molecule has 9 heteroatoms. The van der Waals surface area contributed by atoms with Crippen LogP contribution in [0.4, 0.5) is 0 Å². The van der Waals surface area contributed by atoms with E-state index in [1.165, 1.54) is 141 Å². The lowest BCUT2D eigenvalue weighted by atomic mass is 9.99. The van der Waals surface area contributed by atoms with Gasteiger partial charge >= 0.3 is 0 Å². The molecule has 1 saturated heterocycles. The minimum absolute atomic E-state index is 0.183. The maximum atomic E-state index is 13.1. The van der Waals surface area contributed by atoms with Crippen molar-refractivity contribution in [2.45, 2.75) is 307 Å². The monoisotopic (exact) mass is 1120 g/mol. The number of unbranched alkanes of at least 4 members (excludes halogenated alkanes) is 27. The van der Waals surface area contributed by atoms with E-state index in [2.05, 4.69) is 129 Å². The van der Waals surface area contributed by atoms with Crippen LogP contribution in [-0.4, -0.2) is 87.5 Å². The molecule has 0 aromatic carbocycles. The third-order valence-electron chi connectivity index (χ3n) is 14.8. The normalized spacial score (nSPS) is 19.3. The van der Waals surface area contributed by atoms with Crippen molar-refractivity contribution < 1.29 is 39.8 Å². The van der Waals surface area contributed by atoms with Gasteiger partial charge in [0.15, 0.2) is 6.29 Å². The predicted octanol–water partition coefficient (Wildman–Crippen LogP) is 17.5. The first-order chi connectivity index (χ1) is 39.3. The molecule has 0 bridgehead atoms. The van der Waals surface area contributed by atoms with Crippen molar-refractivity contribution in [3.63, 3.8) is 0 Å². The van der Waals surface area contributed by atoms with Crippen LogP contribution >= 0.6 is 0 Å². The van der Waals surface area contributed by atoms with E-state index in [-0.39, 0.29) is 12.5 Å². The zero-order valence-corrected chi connectivity index (χ0v) is 51.0. The van der Waals surface area contributed by atoms with Gasteiger partial charge in [0.25, 0.3) is 0 Å². The van der Waals surface area contributed by atoms with Gasteiger partial charge in [-0.15, -0.1) is 0 Å². The van der Waals surface area contributed by atoms with Crippen LogP contribution in [0, 0.1) is 0 Å². The topological polar surface area (TPSA) is 149 Å². The second kappa shape index (κ2) is 58.8. The summed E-state index contributed by atoms with van der Waals surface area (Å²) in [5.41, 5.74) is 0. The maximum Gasteiger partial charge on any atom is 0.220 e. The fourth-order valence-electron chi connectivity index (χ4n) is 9.68. The number of nitrogens with one attached hydrogen (secondary N) is 1. The SMILES string of the molecule is CC/C=C\C/C=C\C/C=C\C/C=C\C/C=C\C/C=C\C/C=C\C/C=C\C/C=C\CCCCCCCCCCCCCC(=O)NC(COC1OC(CO)C(O)C(O)C1O)C(O)/C=C/CCCCCCCCCCCCCCCCCC. The van der Waals surface area contributed by atoms with Gasteiger partial charge in [0.1, 0.15) is 24.4 Å². The van der Waals surface area contributed by atoms with Gasteiger partial charge in [0.05, 0.1) is 25.4 Å². The van der Waals surface area contributed by atoms with E-state index >= 15 is 0 Å². The van der Waals surface area contributed by atoms with Crippen molar-refractivity contribution in [1.82, 2.24) is 5.32 Å². The summed E-state index contributed by atoms with van der Waals surface area (Å²) in [5.74, 6) is -0.183. The molecular formula is C71H121NO8. The van der Waals surface area contributed by atoms with Crippen molar-refractivity contribution >= 4 is 5.91 Å². The van der Waals surface area contributed by atoms with Crippen molar-refractivity contribution in [1.29, 1.82) is 0 Å². The lowest BCUT2D eigenvalue weighted by Gasteiger charge is -2.40. The van der Waals surface area contributed by atoms with Crippen LogP contribution in [0.3, 0.4) is 0 Å². The number of allylic oxidation sites excluding steroid dienone is 19. The Labute approximate surface area is 490 Å². The molecule has 458 valence electrons. The molecule has 0 aromatic heterocycles. The van der Waals surface area contributed by atoms with E-state index in [9.17, 15) is 30.3 Å². The first-order valence-electron chi connectivity index (χ1n) is 32.8. The molecule has 1 rings (SSSR count). The number of aliphatic hydroxyl groups is 5. The quantitative estimate of drug-likeness (QED) is 0.0261. The molecule has 0 aliphatic carbocycles. The van der Waals surface area contributed by atoms with Crippen LogP contribution in [0.1, 0.15) is 264 Å². The van der Waals surface area contributed by atoms with E-state index in [1.54, 1.807) is 6.08 Å². The third-order valence-corrected chi connectivity index (χ3v) is 14.8. The molecule has 6 N–H and O–H groups in total. The van der Waals surface area contributed by atoms with Crippen molar-refractivity contribution in [2.24, 2.45) is 0 Å². The molecule has 7 unspecified atom stereocenters. The number of hydrogen-bond donors (Lipinski definition) is 6. The van der Waals surface area contributed by atoms with Gasteiger partial charge < -0.3 is 40.3 Å². The Hall–Kier alpha value is -3.41.